The highest BCUT2D eigenvalue weighted by molar-refractivity contribution is 5.85. The minimum atomic E-state index is -0.0523. The predicted molar refractivity (Wildman–Crippen MR) is 75.8 cm³/mol. The van der Waals surface area contributed by atoms with Crippen LogP contribution < -0.4 is 0 Å². The van der Waals surface area contributed by atoms with Crippen LogP contribution in [0.4, 0.5) is 0 Å². The van der Waals surface area contributed by atoms with E-state index in [2.05, 4.69) is 6.92 Å². The molecule has 18 heavy (non-hydrogen) atoms. The van der Waals surface area contributed by atoms with Crippen molar-refractivity contribution in [3.8, 4) is 0 Å². The molecule has 0 aliphatic carbocycles. The zero-order chi connectivity index (χ0) is 13.2. The van der Waals surface area contributed by atoms with E-state index in [0.29, 0.717) is 5.78 Å². The van der Waals surface area contributed by atoms with Crippen molar-refractivity contribution >= 4 is 5.78 Å². The Balaban J connectivity index is 1.75. The molecule has 0 radical (unpaired) electrons. The van der Waals surface area contributed by atoms with Crippen LogP contribution in [-0.4, -0.2) is 18.0 Å². The molecule has 0 bridgehead atoms. The van der Waals surface area contributed by atoms with Gasteiger partial charge in [-0.05, 0) is 13.3 Å². The van der Waals surface area contributed by atoms with Crippen molar-refractivity contribution in [3.05, 3.63) is 0 Å². The van der Waals surface area contributed by atoms with E-state index in [4.69, 9.17) is 4.74 Å². The molecule has 1 aliphatic rings. The zero-order valence-corrected chi connectivity index (χ0v) is 12.2. The lowest BCUT2D eigenvalue weighted by atomic mass is 10.0. The second-order valence-corrected chi connectivity index (χ2v) is 5.66. The van der Waals surface area contributed by atoms with Gasteiger partial charge in [-0.25, -0.2) is 0 Å². The normalized spacial score (nSPS) is 22.1. The Morgan fingerprint density at radius 2 is 1.33 bits per heavy atom. The lowest BCUT2D eigenvalue weighted by molar-refractivity contribution is -0.120. The third-order valence-corrected chi connectivity index (χ3v) is 3.81. The van der Waals surface area contributed by atoms with Gasteiger partial charge in [-0.3, -0.25) is 4.79 Å². The molecule has 0 aromatic heterocycles. The van der Waals surface area contributed by atoms with Crippen molar-refractivity contribution in [1.82, 2.24) is 0 Å². The van der Waals surface area contributed by atoms with Crippen molar-refractivity contribution in [2.75, 3.05) is 0 Å². The van der Waals surface area contributed by atoms with Crippen molar-refractivity contribution in [3.63, 3.8) is 0 Å². The van der Waals surface area contributed by atoms with Gasteiger partial charge in [0.05, 0.1) is 6.10 Å². The molecule has 2 nitrogen and oxygen atoms in total. The highest BCUT2D eigenvalue weighted by atomic mass is 16.6. The molecule has 1 fully saturated rings. The van der Waals surface area contributed by atoms with Crippen molar-refractivity contribution in [1.29, 1.82) is 0 Å². The van der Waals surface area contributed by atoms with Gasteiger partial charge in [0.25, 0.3) is 0 Å². The van der Waals surface area contributed by atoms with Gasteiger partial charge >= 0.3 is 0 Å². The number of ketones is 1. The highest BCUT2D eigenvalue weighted by Gasteiger charge is 2.39. The van der Waals surface area contributed by atoms with Crippen LogP contribution in [0.15, 0.2) is 0 Å². The van der Waals surface area contributed by atoms with Gasteiger partial charge in [0, 0.05) is 6.42 Å². The number of epoxide rings is 1. The maximum atomic E-state index is 11.5. The van der Waals surface area contributed by atoms with Crippen LogP contribution in [-0.2, 0) is 9.53 Å². The van der Waals surface area contributed by atoms with Gasteiger partial charge in [-0.1, -0.05) is 64.7 Å². The molecule has 0 unspecified atom stereocenters. The Morgan fingerprint density at radius 1 is 0.889 bits per heavy atom. The van der Waals surface area contributed by atoms with E-state index in [1.54, 1.807) is 0 Å². The molecule has 0 saturated carbocycles. The summed E-state index contributed by atoms with van der Waals surface area (Å²) in [4.78, 5) is 11.5. The number of carbonyl (C=O) groups excluding carboxylic acids is 1. The summed E-state index contributed by atoms with van der Waals surface area (Å²) in [5.74, 6) is 0.321. The van der Waals surface area contributed by atoms with Gasteiger partial charge in [-0.2, -0.15) is 0 Å². The summed E-state index contributed by atoms with van der Waals surface area (Å²) < 4.78 is 5.17. The molecule has 1 aliphatic heterocycles. The lowest BCUT2D eigenvalue weighted by Gasteiger charge is -2.01. The fourth-order valence-electron chi connectivity index (χ4n) is 2.45. The SMILES string of the molecule is CCCCCCCCCCCCC(=O)[C@@H]1O[C@H]1C. The average Bonchev–Trinajstić information content (AvgIpc) is 3.09. The molecular weight excluding hydrogens is 224 g/mol. The van der Waals surface area contributed by atoms with Crippen LogP contribution in [0.25, 0.3) is 0 Å². The first kappa shape index (κ1) is 15.7. The summed E-state index contributed by atoms with van der Waals surface area (Å²) in [7, 11) is 0. The Hall–Kier alpha value is -0.370. The van der Waals surface area contributed by atoms with Gasteiger partial charge in [-0.15, -0.1) is 0 Å². The molecule has 2 atom stereocenters. The van der Waals surface area contributed by atoms with E-state index >= 15 is 0 Å². The van der Waals surface area contributed by atoms with E-state index in [0.717, 1.165) is 12.8 Å². The maximum absolute atomic E-state index is 11.5. The molecular formula is C16H30O2. The van der Waals surface area contributed by atoms with Crippen molar-refractivity contribution < 1.29 is 9.53 Å². The number of hydrogen-bond donors (Lipinski definition) is 0. The van der Waals surface area contributed by atoms with Crippen LogP contribution in [0.5, 0.6) is 0 Å². The van der Waals surface area contributed by atoms with Gasteiger partial charge in [0.15, 0.2) is 5.78 Å². The number of carbonyl (C=O) groups is 1. The van der Waals surface area contributed by atoms with Crippen molar-refractivity contribution in [2.24, 2.45) is 0 Å². The van der Waals surface area contributed by atoms with Crippen LogP contribution in [0.2, 0.25) is 0 Å². The first-order chi connectivity index (χ1) is 8.75. The summed E-state index contributed by atoms with van der Waals surface area (Å²) >= 11 is 0. The molecule has 1 heterocycles. The standard InChI is InChI=1S/C16H30O2/c1-3-4-5-6-7-8-9-10-11-12-13-15(17)16-14(2)18-16/h14,16H,3-13H2,1-2H3/t14-,16+/m0/s1. The van der Waals surface area contributed by atoms with Crippen LogP contribution in [0, 0.1) is 0 Å². The molecule has 106 valence electrons. The number of Topliss-reactive ketones (excluding diaryl/α,β-unsaturated/α-hetero) is 1. The van der Waals surface area contributed by atoms with Crippen LogP contribution >= 0.6 is 0 Å². The summed E-state index contributed by atoms with van der Waals surface area (Å²) in [6, 6.07) is 0. The molecule has 0 aromatic rings. The highest BCUT2D eigenvalue weighted by Crippen LogP contribution is 2.24. The largest absolute Gasteiger partial charge is 0.362 e. The van der Waals surface area contributed by atoms with E-state index in [1.165, 1.54) is 57.8 Å². The number of rotatable bonds is 12. The maximum Gasteiger partial charge on any atom is 0.164 e. The lowest BCUT2D eigenvalue weighted by Crippen LogP contribution is -2.07. The monoisotopic (exact) mass is 254 g/mol. The summed E-state index contributed by atoms with van der Waals surface area (Å²) in [5, 5.41) is 0. The van der Waals surface area contributed by atoms with E-state index in [9.17, 15) is 4.79 Å². The molecule has 0 aromatic carbocycles. The molecule has 0 amide bonds. The average molecular weight is 254 g/mol. The zero-order valence-electron chi connectivity index (χ0n) is 12.2. The van der Waals surface area contributed by atoms with Crippen LogP contribution in [0.3, 0.4) is 0 Å². The number of unbranched alkanes of at least 4 members (excludes halogenated alkanes) is 9. The van der Waals surface area contributed by atoms with E-state index in [-0.39, 0.29) is 12.2 Å². The Kier molecular flexibility index (Phi) is 8.32. The fourth-order valence-corrected chi connectivity index (χ4v) is 2.45. The predicted octanol–water partition coefficient (Wildman–Crippen LogP) is 4.65. The first-order valence-electron chi connectivity index (χ1n) is 7.94. The van der Waals surface area contributed by atoms with Gasteiger partial charge < -0.3 is 4.74 Å². The molecule has 2 heteroatoms. The van der Waals surface area contributed by atoms with E-state index in [1.807, 2.05) is 6.92 Å². The second kappa shape index (κ2) is 9.55. The van der Waals surface area contributed by atoms with Gasteiger partial charge in [0.1, 0.15) is 6.10 Å². The summed E-state index contributed by atoms with van der Waals surface area (Å²) in [6.45, 7) is 4.23. The Labute approximate surface area is 112 Å². The quantitative estimate of drug-likeness (QED) is 0.374. The molecule has 0 N–H and O–H groups in total. The smallest absolute Gasteiger partial charge is 0.164 e. The Morgan fingerprint density at radius 3 is 1.78 bits per heavy atom. The van der Waals surface area contributed by atoms with Crippen molar-refractivity contribution in [2.45, 2.75) is 96.7 Å². The third-order valence-electron chi connectivity index (χ3n) is 3.81. The minimum absolute atomic E-state index is 0.0523. The molecule has 1 rings (SSSR count). The number of ether oxygens (including phenoxy) is 1. The molecule has 0 spiro atoms. The number of hydrogen-bond acceptors (Lipinski definition) is 2. The second-order valence-electron chi connectivity index (χ2n) is 5.66. The minimum Gasteiger partial charge on any atom is -0.362 e. The topological polar surface area (TPSA) is 29.6 Å². The fraction of sp³-hybridized carbons (Fsp3) is 0.938. The summed E-state index contributed by atoms with van der Waals surface area (Å²) in [5.41, 5.74) is 0. The summed E-state index contributed by atoms with van der Waals surface area (Å²) in [6.07, 6.45) is 14.1. The first-order valence-corrected chi connectivity index (χ1v) is 7.94. The van der Waals surface area contributed by atoms with E-state index < -0.39 is 0 Å². The van der Waals surface area contributed by atoms with Gasteiger partial charge in [0.2, 0.25) is 0 Å². The third kappa shape index (κ3) is 7.15. The Bertz CT molecular complexity index is 225. The van der Waals surface area contributed by atoms with Crippen LogP contribution in [0.1, 0.15) is 84.5 Å². The molecule has 1 saturated heterocycles.